The first-order chi connectivity index (χ1) is 8.53. The summed E-state index contributed by atoms with van der Waals surface area (Å²) in [5.74, 6) is 0. The number of rotatable bonds is 3. The Kier molecular flexibility index (Phi) is 5.80. The van der Waals surface area contributed by atoms with Crippen LogP contribution in [0.4, 0.5) is 0 Å². The molecule has 18 heavy (non-hydrogen) atoms. The second-order valence-corrected chi connectivity index (χ2v) is 11.2. The van der Waals surface area contributed by atoms with Crippen LogP contribution in [0, 0.1) is 0 Å². The van der Waals surface area contributed by atoms with Crippen molar-refractivity contribution in [1.82, 2.24) is 0 Å². The highest BCUT2D eigenvalue weighted by atomic mass is 127. The summed E-state index contributed by atoms with van der Waals surface area (Å²) in [6.45, 7) is 6.57. The van der Waals surface area contributed by atoms with E-state index < -0.39 is 0 Å². The molecule has 0 saturated heterocycles. The van der Waals surface area contributed by atoms with Gasteiger partial charge in [-0.15, -0.1) is 0 Å². The number of alkyl halides is 2. The molecule has 0 aromatic rings. The molecule has 2 fully saturated rings. The van der Waals surface area contributed by atoms with Crippen molar-refractivity contribution in [3.63, 3.8) is 0 Å². The molecule has 0 aliphatic heterocycles. The molecule has 0 N–H and O–H groups in total. The van der Waals surface area contributed by atoms with E-state index in [0.29, 0.717) is 27.3 Å². The lowest BCUT2D eigenvalue weighted by Crippen LogP contribution is -3.68. The third-order valence-electron chi connectivity index (χ3n) is 4.02. The van der Waals surface area contributed by atoms with Gasteiger partial charge in [0.15, 0.2) is 7.85 Å². The van der Waals surface area contributed by atoms with Crippen molar-refractivity contribution in [3.8, 4) is 0 Å². The van der Waals surface area contributed by atoms with Gasteiger partial charge in [-0.05, 0) is 72.1 Å². The first kappa shape index (κ1) is 15.1. The molecule has 2 heteroatoms. The summed E-state index contributed by atoms with van der Waals surface area (Å²) >= 11 is 0.474. The summed E-state index contributed by atoms with van der Waals surface area (Å²) in [5.41, 5.74) is 0.0515. The van der Waals surface area contributed by atoms with E-state index in [2.05, 4.69) is 20.8 Å². The zero-order chi connectivity index (χ0) is 13.0. The van der Waals surface area contributed by atoms with Gasteiger partial charge in [0.25, 0.3) is 21.2 Å². The van der Waals surface area contributed by atoms with E-state index in [-0.39, 0.29) is 5.60 Å². The molecule has 2 saturated carbocycles. The van der Waals surface area contributed by atoms with Crippen LogP contribution in [0.5, 0.6) is 0 Å². The van der Waals surface area contributed by atoms with Gasteiger partial charge in [-0.2, -0.15) is 0 Å². The number of hydrogen-bond acceptors (Lipinski definition) is 1. The molecule has 106 valence electrons. The first-order valence-electron chi connectivity index (χ1n) is 7.83. The molecule has 0 amide bonds. The van der Waals surface area contributed by atoms with Crippen LogP contribution >= 0.6 is 0 Å². The van der Waals surface area contributed by atoms with Crippen molar-refractivity contribution in [2.75, 3.05) is 0 Å². The highest BCUT2D eigenvalue weighted by molar-refractivity contribution is 4.75. The molecule has 0 radical (unpaired) electrons. The fourth-order valence-electron chi connectivity index (χ4n) is 3.20. The number of halogens is 1. The van der Waals surface area contributed by atoms with Crippen molar-refractivity contribution in [2.24, 2.45) is 0 Å². The van der Waals surface area contributed by atoms with Crippen LogP contribution in [-0.2, 0) is 4.74 Å². The molecule has 2 rings (SSSR count). The standard InChI is InChI=1S/C16H30IO/c1-16(2,3)18-15-11-9-14(10-12-15)17-13-7-5-4-6-8-13/h13-15H,4-12H2,1-3H3/q+1. The molecule has 2 aliphatic carbocycles. The Balaban J connectivity index is 1.66. The molecule has 0 atom stereocenters. The maximum Gasteiger partial charge on any atom is 0.275 e. The minimum Gasteiger partial charge on any atom is -0.373 e. The van der Waals surface area contributed by atoms with Gasteiger partial charge in [0.1, 0.15) is 0 Å². The van der Waals surface area contributed by atoms with Gasteiger partial charge in [-0.3, -0.25) is 0 Å². The first-order valence-corrected chi connectivity index (χ1v) is 10.3. The lowest BCUT2D eigenvalue weighted by molar-refractivity contribution is -0.726. The molecule has 1 nitrogen and oxygen atoms in total. The van der Waals surface area contributed by atoms with Crippen molar-refractivity contribution >= 4 is 0 Å². The SMILES string of the molecule is CC(C)(C)OC1CCC([I+]C2CCCCC2)CC1. The smallest absolute Gasteiger partial charge is 0.275 e. The lowest BCUT2D eigenvalue weighted by atomic mass is 9.97. The van der Waals surface area contributed by atoms with Crippen LogP contribution in [0.3, 0.4) is 0 Å². The van der Waals surface area contributed by atoms with Crippen LogP contribution in [0.15, 0.2) is 0 Å². The van der Waals surface area contributed by atoms with Gasteiger partial charge >= 0.3 is 0 Å². The summed E-state index contributed by atoms with van der Waals surface area (Å²) in [4.78, 5) is 0. The van der Waals surface area contributed by atoms with Gasteiger partial charge in [0.2, 0.25) is 0 Å². The Morgan fingerprint density at radius 3 is 1.89 bits per heavy atom. The van der Waals surface area contributed by atoms with E-state index in [1.807, 2.05) is 0 Å². The molecule has 0 heterocycles. The zero-order valence-corrected chi connectivity index (χ0v) is 14.5. The topological polar surface area (TPSA) is 9.23 Å². The van der Waals surface area contributed by atoms with Gasteiger partial charge in [0, 0.05) is 0 Å². The summed E-state index contributed by atoms with van der Waals surface area (Å²) < 4.78 is 8.42. The molecule has 0 aromatic carbocycles. The van der Waals surface area contributed by atoms with Crippen molar-refractivity contribution in [3.05, 3.63) is 0 Å². The Bertz CT molecular complexity index is 232. The predicted octanol–water partition coefficient (Wildman–Crippen LogP) is 1.53. The molecule has 0 unspecified atom stereocenters. The largest absolute Gasteiger partial charge is 0.373 e. The predicted molar refractivity (Wildman–Crippen MR) is 73.8 cm³/mol. The highest BCUT2D eigenvalue weighted by Crippen LogP contribution is 2.23. The maximum absolute atomic E-state index is 6.13. The molecule has 0 spiro atoms. The average Bonchev–Trinajstić information content (AvgIpc) is 2.31. The van der Waals surface area contributed by atoms with E-state index in [4.69, 9.17) is 4.74 Å². The highest BCUT2D eigenvalue weighted by Gasteiger charge is 2.36. The quantitative estimate of drug-likeness (QED) is 0.545. The maximum atomic E-state index is 6.13. The zero-order valence-electron chi connectivity index (χ0n) is 12.4. The van der Waals surface area contributed by atoms with Crippen LogP contribution in [0.1, 0.15) is 78.6 Å². The van der Waals surface area contributed by atoms with Crippen molar-refractivity contribution in [2.45, 2.75) is 98.1 Å². The van der Waals surface area contributed by atoms with Crippen molar-refractivity contribution in [1.29, 1.82) is 0 Å². The molecule has 2 aliphatic rings. The number of ether oxygens (including phenoxy) is 1. The average molecular weight is 365 g/mol. The number of hydrogen-bond donors (Lipinski definition) is 0. The summed E-state index contributed by atoms with van der Waals surface area (Å²) in [6.07, 6.45) is 13.8. The van der Waals surface area contributed by atoms with Crippen molar-refractivity contribution < 1.29 is 25.9 Å². The van der Waals surface area contributed by atoms with Gasteiger partial charge < -0.3 is 4.74 Å². The van der Waals surface area contributed by atoms with E-state index in [0.717, 1.165) is 3.92 Å². The molecular formula is C16H30IO+. The minimum atomic E-state index is 0.0515. The molecule has 0 bridgehead atoms. The lowest BCUT2D eigenvalue weighted by Gasteiger charge is -2.31. The monoisotopic (exact) mass is 365 g/mol. The van der Waals surface area contributed by atoms with Gasteiger partial charge in [-0.1, -0.05) is 6.42 Å². The minimum absolute atomic E-state index is 0.0515. The second-order valence-electron chi connectivity index (χ2n) is 6.97. The Hall–Kier alpha value is 0.690. The Labute approximate surface area is 124 Å². The normalized spacial score (nSPS) is 31.5. The fraction of sp³-hybridized carbons (Fsp3) is 1.00. The summed E-state index contributed by atoms with van der Waals surface area (Å²) in [6, 6.07) is 0. The van der Waals surface area contributed by atoms with Gasteiger partial charge in [-0.25, -0.2) is 0 Å². The fourth-order valence-corrected chi connectivity index (χ4v) is 7.67. The van der Waals surface area contributed by atoms with Crippen LogP contribution in [-0.4, -0.2) is 19.6 Å². The third-order valence-corrected chi connectivity index (χ3v) is 8.54. The second kappa shape index (κ2) is 6.92. The van der Waals surface area contributed by atoms with E-state index in [1.165, 1.54) is 48.9 Å². The molecular weight excluding hydrogens is 335 g/mol. The van der Waals surface area contributed by atoms with Crippen LogP contribution in [0.25, 0.3) is 0 Å². The van der Waals surface area contributed by atoms with Crippen LogP contribution < -0.4 is 21.2 Å². The Morgan fingerprint density at radius 1 is 0.778 bits per heavy atom. The summed E-state index contributed by atoms with van der Waals surface area (Å²) in [5, 5.41) is 0. The van der Waals surface area contributed by atoms with E-state index in [1.54, 1.807) is 12.8 Å². The van der Waals surface area contributed by atoms with Gasteiger partial charge in [0.05, 0.1) is 11.7 Å². The van der Waals surface area contributed by atoms with E-state index in [9.17, 15) is 0 Å². The Morgan fingerprint density at radius 2 is 1.33 bits per heavy atom. The van der Waals surface area contributed by atoms with E-state index >= 15 is 0 Å². The third kappa shape index (κ3) is 5.36. The summed E-state index contributed by atoms with van der Waals surface area (Å²) in [7, 11) is 0. The van der Waals surface area contributed by atoms with Crippen LogP contribution in [0.2, 0.25) is 0 Å². The molecule has 0 aromatic heterocycles.